The number of nitrogens with zero attached hydrogens (tertiary/aromatic N) is 2. The molecule has 0 aliphatic rings. The molecule has 1 aromatic rings. The Morgan fingerprint density at radius 2 is 2.18 bits per heavy atom. The molecule has 0 aliphatic carbocycles. The second-order valence-electron chi connectivity index (χ2n) is 2.33. The molecule has 0 saturated carbocycles. The summed E-state index contributed by atoms with van der Waals surface area (Å²) in [6.45, 7) is -0.730. The number of aliphatic hydroxyl groups is 2. The number of aliphatic hydroxyl groups excluding tert-OH is 2. The maximum Gasteiger partial charge on any atom is 0.109 e. The van der Waals surface area contributed by atoms with E-state index < -0.39 is 5.54 Å². The maximum atomic E-state index is 8.79. The van der Waals surface area contributed by atoms with Crippen LogP contribution in [0.3, 0.4) is 0 Å². The fourth-order valence-electron chi connectivity index (χ4n) is 0.653. The van der Waals surface area contributed by atoms with Crippen LogP contribution < -0.4 is 5.73 Å². The van der Waals surface area contributed by atoms with Gasteiger partial charge in [0.25, 0.3) is 0 Å². The zero-order chi connectivity index (χ0) is 8.32. The van der Waals surface area contributed by atoms with E-state index in [2.05, 4.69) is 15.4 Å². The molecule has 6 heteroatoms. The highest BCUT2D eigenvalue weighted by atomic mass is 16.3. The molecule has 0 fully saturated rings. The quantitative estimate of drug-likeness (QED) is 0.404. The summed E-state index contributed by atoms with van der Waals surface area (Å²) in [4.78, 5) is 0. The molecule has 1 heterocycles. The molecular weight excluding hydrogens is 148 g/mol. The summed E-state index contributed by atoms with van der Waals surface area (Å²) in [5.74, 6) is 0. The van der Waals surface area contributed by atoms with Crippen LogP contribution >= 0.6 is 0 Å². The first-order valence-electron chi connectivity index (χ1n) is 3.10. The predicted molar refractivity (Wildman–Crippen MR) is 36.4 cm³/mol. The molecule has 0 spiro atoms. The Morgan fingerprint density at radius 1 is 1.55 bits per heavy atom. The molecular formula is C5H10N4O2. The molecule has 0 saturated heterocycles. The minimum absolute atomic E-state index is 0.350. The van der Waals surface area contributed by atoms with Crippen molar-refractivity contribution < 1.29 is 10.2 Å². The maximum absolute atomic E-state index is 8.79. The summed E-state index contributed by atoms with van der Waals surface area (Å²) < 4.78 is 0. The lowest BCUT2D eigenvalue weighted by Crippen LogP contribution is -2.44. The van der Waals surface area contributed by atoms with E-state index in [1.165, 1.54) is 6.20 Å². The summed E-state index contributed by atoms with van der Waals surface area (Å²) >= 11 is 0. The monoisotopic (exact) mass is 158 g/mol. The first-order valence-corrected chi connectivity index (χ1v) is 3.10. The lowest BCUT2D eigenvalue weighted by molar-refractivity contribution is 0.118. The van der Waals surface area contributed by atoms with Gasteiger partial charge < -0.3 is 15.9 Å². The zero-order valence-corrected chi connectivity index (χ0v) is 5.86. The molecule has 62 valence electrons. The molecule has 0 aliphatic heterocycles. The number of H-pyrrole nitrogens is 1. The average molecular weight is 158 g/mol. The van der Waals surface area contributed by atoms with E-state index >= 15 is 0 Å². The average Bonchev–Trinajstić information content (AvgIpc) is 2.55. The normalized spacial score (nSPS) is 11.9. The van der Waals surface area contributed by atoms with E-state index in [1.807, 2.05) is 0 Å². The Morgan fingerprint density at radius 3 is 2.55 bits per heavy atom. The molecule has 0 atom stereocenters. The minimum Gasteiger partial charge on any atom is -0.394 e. The number of nitrogens with two attached hydrogens (primary N) is 1. The number of nitrogens with one attached hydrogen (secondary N) is 1. The number of aromatic nitrogens is 3. The number of aromatic amines is 1. The van der Waals surface area contributed by atoms with Crippen molar-refractivity contribution in [2.24, 2.45) is 5.73 Å². The largest absolute Gasteiger partial charge is 0.394 e. The summed E-state index contributed by atoms with van der Waals surface area (Å²) in [6, 6.07) is 0. The first-order chi connectivity index (χ1) is 5.23. The van der Waals surface area contributed by atoms with Gasteiger partial charge in [0.2, 0.25) is 0 Å². The summed E-state index contributed by atoms with van der Waals surface area (Å²) in [5, 5.41) is 27.1. The summed E-state index contributed by atoms with van der Waals surface area (Å²) in [6.07, 6.45) is 1.37. The van der Waals surface area contributed by atoms with E-state index in [4.69, 9.17) is 15.9 Å². The van der Waals surface area contributed by atoms with Gasteiger partial charge in [-0.1, -0.05) is 0 Å². The number of rotatable bonds is 3. The van der Waals surface area contributed by atoms with Gasteiger partial charge in [0.05, 0.1) is 19.4 Å². The van der Waals surface area contributed by atoms with Crippen LogP contribution in [0.1, 0.15) is 5.69 Å². The van der Waals surface area contributed by atoms with Crippen LogP contribution in [0.15, 0.2) is 6.20 Å². The van der Waals surface area contributed by atoms with Crippen molar-refractivity contribution in [3.8, 4) is 0 Å². The zero-order valence-electron chi connectivity index (χ0n) is 5.86. The summed E-state index contributed by atoms with van der Waals surface area (Å²) in [5.41, 5.74) is 4.70. The second-order valence-corrected chi connectivity index (χ2v) is 2.33. The van der Waals surface area contributed by atoms with Crippen molar-refractivity contribution in [1.82, 2.24) is 15.4 Å². The molecule has 0 unspecified atom stereocenters. The van der Waals surface area contributed by atoms with Crippen LogP contribution in [-0.2, 0) is 5.54 Å². The van der Waals surface area contributed by atoms with E-state index in [-0.39, 0.29) is 13.2 Å². The van der Waals surface area contributed by atoms with Crippen molar-refractivity contribution in [2.75, 3.05) is 13.2 Å². The highest BCUT2D eigenvalue weighted by Gasteiger charge is 2.28. The molecule has 1 aromatic heterocycles. The molecule has 11 heavy (non-hydrogen) atoms. The van der Waals surface area contributed by atoms with Gasteiger partial charge in [0.1, 0.15) is 11.2 Å². The molecule has 0 amide bonds. The van der Waals surface area contributed by atoms with Gasteiger partial charge in [-0.15, -0.1) is 0 Å². The fourth-order valence-corrected chi connectivity index (χ4v) is 0.653. The number of hydrogen-bond acceptors (Lipinski definition) is 5. The van der Waals surface area contributed by atoms with Gasteiger partial charge in [0.15, 0.2) is 0 Å². The highest BCUT2D eigenvalue weighted by Crippen LogP contribution is 2.11. The first kappa shape index (κ1) is 8.12. The Balaban J connectivity index is 2.87. The SMILES string of the molecule is NC(CO)(CO)c1cn[nH]n1. The van der Waals surface area contributed by atoms with Crippen LogP contribution in [0.25, 0.3) is 0 Å². The van der Waals surface area contributed by atoms with Gasteiger partial charge in [-0.05, 0) is 0 Å². The van der Waals surface area contributed by atoms with Crippen LogP contribution in [0, 0.1) is 0 Å². The molecule has 5 N–H and O–H groups in total. The Hall–Kier alpha value is -0.980. The second kappa shape index (κ2) is 2.95. The van der Waals surface area contributed by atoms with Crippen LogP contribution in [0.4, 0.5) is 0 Å². The van der Waals surface area contributed by atoms with Crippen molar-refractivity contribution in [3.63, 3.8) is 0 Å². The predicted octanol–water partition coefficient (Wildman–Crippen LogP) is -2.06. The Labute approximate surface area is 63.0 Å². The molecule has 0 radical (unpaired) electrons. The van der Waals surface area contributed by atoms with E-state index in [1.54, 1.807) is 0 Å². The topological polar surface area (TPSA) is 108 Å². The smallest absolute Gasteiger partial charge is 0.109 e. The van der Waals surface area contributed by atoms with E-state index in [0.717, 1.165) is 0 Å². The fraction of sp³-hybridized carbons (Fsp3) is 0.600. The van der Waals surface area contributed by atoms with Crippen molar-refractivity contribution in [1.29, 1.82) is 0 Å². The number of hydrogen-bond donors (Lipinski definition) is 4. The minimum atomic E-state index is -1.19. The highest BCUT2D eigenvalue weighted by molar-refractivity contribution is 5.08. The Bertz CT molecular complexity index is 206. The van der Waals surface area contributed by atoms with E-state index in [9.17, 15) is 0 Å². The van der Waals surface area contributed by atoms with Crippen LogP contribution in [-0.4, -0.2) is 38.8 Å². The molecule has 0 aromatic carbocycles. The van der Waals surface area contributed by atoms with E-state index in [0.29, 0.717) is 5.69 Å². The Kier molecular flexibility index (Phi) is 2.18. The third kappa shape index (κ3) is 1.37. The van der Waals surface area contributed by atoms with Gasteiger partial charge in [-0.25, -0.2) is 0 Å². The van der Waals surface area contributed by atoms with Gasteiger partial charge in [-0.3, -0.25) is 0 Å². The molecule has 6 nitrogen and oxygen atoms in total. The standard InChI is InChI=1S/C5H10N4O2/c6-5(2-10,3-11)4-1-7-9-8-4/h1,10-11H,2-3,6H2,(H,7,8,9). The van der Waals surface area contributed by atoms with Crippen LogP contribution in [0.5, 0.6) is 0 Å². The van der Waals surface area contributed by atoms with Crippen molar-refractivity contribution >= 4 is 0 Å². The van der Waals surface area contributed by atoms with Crippen molar-refractivity contribution in [3.05, 3.63) is 11.9 Å². The third-order valence-corrected chi connectivity index (χ3v) is 1.49. The lowest BCUT2D eigenvalue weighted by atomic mass is 10.0. The van der Waals surface area contributed by atoms with Gasteiger partial charge in [-0.2, -0.15) is 15.4 Å². The van der Waals surface area contributed by atoms with Crippen molar-refractivity contribution in [2.45, 2.75) is 5.54 Å². The third-order valence-electron chi connectivity index (χ3n) is 1.49. The van der Waals surface area contributed by atoms with Gasteiger partial charge in [0, 0.05) is 0 Å². The summed E-state index contributed by atoms with van der Waals surface area (Å²) in [7, 11) is 0. The lowest BCUT2D eigenvalue weighted by Gasteiger charge is -2.20. The molecule has 1 rings (SSSR count). The molecule has 0 bridgehead atoms. The van der Waals surface area contributed by atoms with Gasteiger partial charge >= 0.3 is 0 Å². The van der Waals surface area contributed by atoms with Crippen LogP contribution in [0.2, 0.25) is 0 Å².